The molecule has 3 fully saturated rings. The SMILES string of the molecule is CN(C(=O)OC(C)(C)C)[C@@H]1[C@@H](O)[C@@H](O[C@@H]2[C@@H](O)[C@H](C3OC(CNC(=O)OCc4ccc([N+](=O)[O-])cc4)=CC[C@H]3NC(=O)OC(C)(C)C)[C@@H](NC(=O)OC(C)(C)C)C[C@H]2NC(=O)C2(O)CN(C(=O)OC(C)(C)C)C2)OC[C@]1(C)O. The van der Waals surface area contributed by atoms with Crippen molar-refractivity contribution < 1.29 is 92.0 Å². The molecule has 1 unspecified atom stereocenters. The average molecular weight is 1110 g/mol. The van der Waals surface area contributed by atoms with Gasteiger partial charge in [0.1, 0.15) is 58.7 Å². The summed E-state index contributed by atoms with van der Waals surface area (Å²) in [6.07, 6.45) is -12.1. The van der Waals surface area contributed by atoms with Gasteiger partial charge in [0.15, 0.2) is 11.9 Å². The highest BCUT2D eigenvalue weighted by atomic mass is 16.7. The minimum atomic E-state index is -2.21. The van der Waals surface area contributed by atoms with Crippen molar-refractivity contribution in [3.8, 4) is 0 Å². The van der Waals surface area contributed by atoms with Gasteiger partial charge in [-0.15, -0.1) is 0 Å². The number of nitrogens with zero attached hydrogens (tertiary/aromatic N) is 3. The summed E-state index contributed by atoms with van der Waals surface area (Å²) < 4.78 is 46.5. The van der Waals surface area contributed by atoms with Crippen LogP contribution in [0.4, 0.5) is 29.7 Å². The highest BCUT2D eigenvalue weighted by Gasteiger charge is 2.58. The number of benzene rings is 1. The van der Waals surface area contributed by atoms with Gasteiger partial charge in [-0.05, 0) is 127 Å². The Morgan fingerprint density at radius 3 is 1.87 bits per heavy atom. The molecule has 0 aromatic heterocycles. The number of rotatable bonds is 13. The molecule has 0 bridgehead atoms. The molecule has 27 heteroatoms. The molecule has 5 rings (SSSR count). The molecule has 4 aliphatic rings. The number of non-ortho nitro benzene ring substituents is 1. The summed E-state index contributed by atoms with van der Waals surface area (Å²) in [5.74, 6) is -2.34. The van der Waals surface area contributed by atoms with Crippen LogP contribution in [0.3, 0.4) is 0 Å². The summed E-state index contributed by atoms with van der Waals surface area (Å²) >= 11 is 0. The number of hydrogen-bond acceptors (Lipinski definition) is 20. The third kappa shape index (κ3) is 17.1. The quantitative estimate of drug-likeness (QED) is 0.0798. The number of hydrogen-bond donors (Lipinski definition) is 8. The summed E-state index contributed by atoms with van der Waals surface area (Å²) in [6, 6.07) is 0.0855. The molecule has 0 radical (unpaired) electrons. The van der Waals surface area contributed by atoms with Gasteiger partial charge in [0.25, 0.3) is 11.6 Å². The summed E-state index contributed by atoms with van der Waals surface area (Å²) in [7, 11) is 1.29. The van der Waals surface area contributed by atoms with E-state index in [1.54, 1.807) is 89.2 Å². The number of likely N-dealkylation sites (N-methyl/N-ethyl adjacent to an activating group) is 1. The maximum Gasteiger partial charge on any atom is 0.410 e. The van der Waals surface area contributed by atoms with Gasteiger partial charge in [-0.25, -0.2) is 24.0 Å². The minimum absolute atomic E-state index is 0.0355. The van der Waals surface area contributed by atoms with Gasteiger partial charge in [0.05, 0.1) is 55.4 Å². The van der Waals surface area contributed by atoms with E-state index in [4.69, 9.17) is 37.9 Å². The molecule has 6 amide bonds. The predicted molar refractivity (Wildman–Crippen MR) is 273 cm³/mol. The zero-order chi connectivity index (χ0) is 58.7. The molecule has 1 aromatic rings. The number of β-amino-alcohol motifs (C(OH)–C–C–N with tert-alkyl or cyclic N) is 1. The molecule has 438 valence electrons. The largest absolute Gasteiger partial charge is 0.491 e. The predicted octanol–water partition coefficient (Wildman–Crippen LogP) is 3.22. The lowest BCUT2D eigenvalue weighted by atomic mass is 9.72. The van der Waals surface area contributed by atoms with Crippen molar-refractivity contribution in [3.05, 3.63) is 51.8 Å². The number of likely N-dealkylation sites (tertiary alicyclic amines) is 1. The van der Waals surface area contributed by atoms with Crippen LogP contribution in [0.15, 0.2) is 36.1 Å². The number of nitrogens with one attached hydrogen (secondary N) is 4. The van der Waals surface area contributed by atoms with Crippen LogP contribution in [-0.2, 0) is 49.3 Å². The first-order valence-corrected chi connectivity index (χ1v) is 25.6. The lowest BCUT2D eigenvalue weighted by Gasteiger charge is -2.52. The molecule has 1 aromatic carbocycles. The van der Waals surface area contributed by atoms with Crippen LogP contribution >= 0.6 is 0 Å². The van der Waals surface area contributed by atoms with Gasteiger partial charge in [0, 0.05) is 31.1 Å². The zero-order valence-electron chi connectivity index (χ0n) is 46.8. The molecule has 1 saturated carbocycles. The van der Waals surface area contributed by atoms with Gasteiger partial charge in [0.2, 0.25) is 0 Å². The summed E-state index contributed by atoms with van der Waals surface area (Å²) in [5.41, 5.74) is -7.77. The molecule has 2 saturated heterocycles. The van der Waals surface area contributed by atoms with E-state index >= 15 is 0 Å². The van der Waals surface area contributed by atoms with Crippen molar-refractivity contribution in [1.82, 2.24) is 31.1 Å². The topological polar surface area (TPSA) is 355 Å². The maximum absolute atomic E-state index is 14.3. The Balaban J connectivity index is 1.54. The molecular weight excluding hydrogens is 1030 g/mol. The highest BCUT2D eigenvalue weighted by Crippen LogP contribution is 2.39. The summed E-state index contributed by atoms with van der Waals surface area (Å²) in [4.78, 5) is 93.6. The third-order valence-corrected chi connectivity index (χ3v) is 12.6. The molecule has 27 nitrogen and oxygen atoms in total. The van der Waals surface area contributed by atoms with Gasteiger partial charge < -0.3 is 89.4 Å². The van der Waals surface area contributed by atoms with Crippen LogP contribution in [0.1, 0.15) is 108 Å². The van der Waals surface area contributed by atoms with Gasteiger partial charge in [-0.1, -0.05) is 0 Å². The van der Waals surface area contributed by atoms with E-state index in [1.807, 2.05) is 0 Å². The minimum Gasteiger partial charge on any atom is -0.491 e. The number of alkyl carbamates (subject to hydrolysis) is 3. The fourth-order valence-electron chi connectivity index (χ4n) is 9.25. The monoisotopic (exact) mass is 1110 g/mol. The zero-order valence-corrected chi connectivity index (χ0v) is 46.8. The Morgan fingerprint density at radius 1 is 0.782 bits per heavy atom. The molecule has 8 N–H and O–H groups in total. The van der Waals surface area contributed by atoms with Crippen molar-refractivity contribution in [2.75, 3.05) is 33.3 Å². The normalized spacial score (nSPS) is 28.2. The summed E-state index contributed by atoms with van der Waals surface area (Å²) in [6.45, 7) is 18.7. The average Bonchev–Trinajstić information content (AvgIpc) is 3.26. The van der Waals surface area contributed by atoms with Gasteiger partial charge in [-0.3, -0.25) is 14.9 Å². The Bertz CT molecular complexity index is 2370. The fraction of sp³-hybridized carbons (Fsp3) is 0.725. The second-order valence-corrected chi connectivity index (χ2v) is 24.3. The van der Waals surface area contributed by atoms with Crippen LogP contribution in [0.2, 0.25) is 0 Å². The van der Waals surface area contributed by atoms with Crippen LogP contribution in [0.5, 0.6) is 0 Å². The second-order valence-electron chi connectivity index (χ2n) is 24.3. The number of ether oxygens (including phenoxy) is 8. The Hall–Kier alpha value is -6.26. The third-order valence-electron chi connectivity index (χ3n) is 12.6. The molecule has 78 heavy (non-hydrogen) atoms. The Kier molecular flexibility index (Phi) is 19.3. The van der Waals surface area contributed by atoms with E-state index in [0.717, 1.165) is 9.80 Å². The van der Waals surface area contributed by atoms with E-state index in [1.165, 1.54) is 38.2 Å². The van der Waals surface area contributed by atoms with E-state index < -0.39 is 155 Å². The molecule has 0 spiro atoms. The van der Waals surface area contributed by atoms with Gasteiger partial charge >= 0.3 is 30.5 Å². The number of carbonyl (C=O) groups is 6. The first kappa shape index (κ1) is 62.6. The molecule has 3 heterocycles. The van der Waals surface area contributed by atoms with E-state index in [9.17, 15) is 59.3 Å². The fourth-order valence-corrected chi connectivity index (χ4v) is 9.25. The lowest BCUT2D eigenvalue weighted by molar-refractivity contribution is -0.384. The molecule has 11 atom stereocenters. The number of aliphatic hydroxyl groups is 4. The van der Waals surface area contributed by atoms with Crippen LogP contribution in [0, 0.1) is 16.0 Å². The lowest BCUT2D eigenvalue weighted by Crippen LogP contribution is -2.74. The van der Waals surface area contributed by atoms with Crippen molar-refractivity contribution in [2.24, 2.45) is 5.92 Å². The smallest absolute Gasteiger partial charge is 0.410 e. The van der Waals surface area contributed by atoms with Crippen molar-refractivity contribution in [2.45, 2.75) is 198 Å². The first-order chi connectivity index (χ1) is 35.7. The Morgan fingerprint density at radius 2 is 1.33 bits per heavy atom. The second kappa shape index (κ2) is 24.0. The van der Waals surface area contributed by atoms with E-state index in [-0.39, 0.29) is 37.4 Å². The van der Waals surface area contributed by atoms with Crippen molar-refractivity contribution in [1.29, 1.82) is 0 Å². The van der Waals surface area contributed by atoms with E-state index in [2.05, 4.69) is 21.3 Å². The first-order valence-electron chi connectivity index (χ1n) is 25.6. The summed E-state index contributed by atoms with van der Waals surface area (Å²) in [5, 5.41) is 70.2. The number of nitro benzene ring substituents is 1. The number of amides is 6. The number of nitro groups is 1. The molecular formula is C51H79N7O20. The van der Waals surface area contributed by atoms with Crippen molar-refractivity contribution >= 4 is 42.1 Å². The molecule has 1 aliphatic carbocycles. The van der Waals surface area contributed by atoms with Crippen LogP contribution < -0.4 is 21.3 Å². The Labute approximate surface area is 453 Å². The standard InChI is InChI=1S/C51H79N7O20/c1-46(2,3)75-42(63)54-30-20-19-29(22-52-41(62)71-23-27-15-17-28(18-16-27)58(69)70)73-36(30)33-31(55-43(64)76-47(4,5)6)21-32(53-40(61)51(68)24-57(25-51)45(66)78-49(10,11)12)37(34(33)59)74-39-35(60)38(50(13,67)26-72-39)56(14)44(65)77-48(7,8)9/h15-19,30-39,59-60,67-68H,20-26H2,1-14H3,(H,52,62)(H,53,61)(H,54,63)(H,55,64)/t30-,31+,32-,33-,34+,35-,36?,37+,38-,39-,50+/m1/s1. The van der Waals surface area contributed by atoms with E-state index in [0.29, 0.717) is 5.56 Å². The van der Waals surface area contributed by atoms with Crippen LogP contribution in [-0.4, -0.2) is 193 Å². The highest BCUT2D eigenvalue weighted by molar-refractivity contribution is 5.89. The maximum atomic E-state index is 14.3. The number of aliphatic hydroxyl groups excluding tert-OH is 2. The molecule has 3 aliphatic heterocycles. The van der Waals surface area contributed by atoms with Gasteiger partial charge in [-0.2, -0.15) is 0 Å². The number of carbonyl (C=O) groups excluding carboxylic acids is 6. The van der Waals surface area contributed by atoms with Crippen molar-refractivity contribution in [3.63, 3.8) is 0 Å². The van der Waals surface area contributed by atoms with Crippen LogP contribution in [0.25, 0.3) is 0 Å².